The van der Waals surface area contributed by atoms with Crippen molar-refractivity contribution in [3.63, 3.8) is 0 Å². The average molecular weight is 500 g/mol. The summed E-state index contributed by atoms with van der Waals surface area (Å²) in [7, 11) is 0. The number of anilines is 2. The van der Waals surface area contributed by atoms with Crippen molar-refractivity contribution >= 4 is 34.5 Å². The molecule has 5 aromatic rings. The summed E-state index contributed by atoms with van der Waals surface area (Å²) in [6.07, 6.45) is 5.15. The molecule has 3 N–H and O–H groups in total. The van der Waals surface area contributed by atoms with Gasteiger partial charge in [-0.25, -0.2) is 19.7 Å². The predicted octanol–water partition coefficient (Wildman–Crippen LogP) is 1.34. The minimum Gasteiger partial charge on any atom is -0.477 e. The second-order valence-electron chi connectivity index (χ2n) is 8.86. The Hall–Kier alpha value is -4.65. The fourth-order valence-corrected chi connectivity index (χ4v) is 4.87. The summed E-state index contributed by atoms with van der Waals surface area (Å²) in [5.74, 6) is 0.224. The van der Waals surface area contributed by atoms with Gasteiger partial charge in [-0.05, 0) is 30.7 Å². The van der Waals surface area contributed by atoms with Crippen LogP contribution in [0.5, 0.6) is 0 Å². The molecule has 0 spiro atoms. The maximum atomic E-state index is 12.3. The lowest BCUT2D eigenvalue weighted by Gasteiger charge is -2.34. The fraction of sp³-hybridized carbons (Fsp3) is 0.292. The summed E-state index contributed by atoms with van der Waals surface area (Å²) in [6, 6.07) is 7.27. The van der Waals surface area contributed by atoms with Crippen LogP contribution in [0.25, 0.3) is 28.2 Å². The molecule has 0 unspecified atom stereocenters. The molecule has 0 aliphatic carbocycles. The number of aryl methyl sites for hydroxylation is 1. The topological polar surface area (TPSA) is 156 Å². The summed E-state index contributed by atoms with van der Waals surface area (Å²) in [6.45, 7) is 6.09. The van der Waals surface area contributed by atoms with Crippen molar-refractivity contribution < 1.29 is 9.90 Å². The highest BCUT2D eigenvalue weighted by molar-refractivity contribution is 6.02. The number of hydrogen-bond acceptors (Lipinski definition) is 10. The number of rotatable bonds is 6. The molecule has 13 nitrogen and oxygen atoms in total. The van der Waals surface area contributed by atoms with Crippen molar-refractivity contribution in [2.75, 3.05) is 43.4 Å². The van der Waals surface area contributed by atoms with E-state index in [2.05, 4.69) is 39.8 Å². The third-order valence-electron chi connectivity index (χ3n) is 6.69. The van der Waals surface area contributed by atoms with E-state index >= 15 is 0 Å². The molecule has 0 amide bonds. The number of piperazine rings is 1. The van der Waals surface area contributed by atoms with E-state index in [0.29, 0.717) is 46.9 Å². The van der Waals surface area contributed by atoms with E-state index in [1.165, 1.54) is 4.52 Å². The number of carboxylic acids is 1. The fourth-order valence-electron chi connectivity index (χ4n) is 4.87. The van der Waals surface area contributed by atoms with E-state index in [1.807, 2.05) is 12.1 Å². The highest BCUT2D eigenvalue weighted by Crippen LogP contribution is 2.30. The number of pyridine rings is 1. The summed E-state index contributed by atoms with van der Waals surface area (Å²) in [4.78, 5) is 39.0. The van der Waals surface area contributed by atoms with Crippen LogP contribution in [-0.2, 0) is 6.54 Å². The SMILES string of the molecule is Cc1c(C(=O)O)n(CCN2CCN(c3ncccn3)CC2)c2nc(N)n3nc(-c4ccccn4)nc3c12. The Balaban J connectivity index is 1.32. The molecule has 0 radical (unpaired) electrons. The van der Waals surface area contributed by atoms with Gasteiger partial charge >= 0.3 is 5.97 Å². The third kappa shape index (κ3) is 3.98. The van der Waals surface area contributed by atoms with Crippen LogP contribution in [0.1, 0.15) is 16.1 Å². The molecule has 1 aliphatic rings. The van der Waals surface area contributed by atoms with E-state index in [1.54, 1.807) is 42.2 Å². The molecule has 1 aliphatic heterocycles. The Morgan fingerprint density at radius 3 is 2.43 bits per heavy atom. The Labute approximate surface area is 211 Å². The first-order valence-corrected chi connectivity index (χ1v) is 12.0. The standard InChI is InChI=1S/C24H25N11O2/c1-15-17-20(30-23(25)35-21(17)29-19(31-35)16-5-2-3-6-26-16)34(18(15)22(36)37)14-11-32-9-12-33(13-10-32)24-27-7-4-8-28-24/h2-8H,9-14H2,1H3,(H2,25,30)(H,36,37). The number of aromatic carboxylic acids is 1. The number of aromatic nitrogens is 8. The molecule has 0 bridgehead atoms. The summed E-state index contributed by atoms with van der Waals surface area (Å²) >= 11 is 0. The maximum absolute atomic E-state index is 12.3. The van der Waals surface area contributed by atoms with E-state index in [9.17, 15) is 9.90 Å². The van der Waals surface area contributed by atoms with Crippen molar-refractivity contribution in [3.8, 4) is 11.5 Å². The van der Waals surface area contributed by atoms with Gasteiger partial charge in [0, 0.05) is 57.9 Å². The number of nitrogen functional groups attached to an aromatic ring is 1. The monoisotopic (exact) mass is 499 g/mol. The Morgan fingerprint density at radius 1 is 0.973 bits per heavy atom. The molecule has 6 rings (SSSR count). The highest BCUT2D eigenvalue weighted by Gasteiger charge is 2.26. The number of nitrogens with zero attached hydrogens (tertiary/aromatic N) is 10. The van der Waals surface area contributed by atoms with Crippen molar-refractivity contribution in [2.45, 2.75) is 13.5 Å². The maximum Gasteiger partial charge on any atom is 0.352 e. The van der Waals surface area contributed by atoms with Gasteiger partial charge in [0.25, 0.3) is 0 Å². The second-order valence-corrected chi connectivity index (χ2v) is 8.86. The molecule has 6 heterocycles. The number of fused-ring (bicyclic) bond motifs is 3. The highest BCUT2D eigenvalue weighted by atomic mass is 16.4. The molecule has 188 valence electrons. The van der Waals surface area contributed by atoms with Crippen LogP contribution in [0, 0.1) is 6.92 Å². The summed E-state index contributed by atoms with van der Waals surface area (Å²) in [5, 5.41) is 15.2. The minimum atomic E-state index is -1.03. The smallest absolute Gasteiger partial charge is 0.352 e. The first-order chi connectivity index (χ1) is 18.0. The Morgan fingerprint density at radius 2 is 1.73 bits per heavy atom. The van der Waals surface area contributed by atoms with Crippen LogP contribution in [0.3, 0.4) is 0 Å². The minimum absolute atomic E-state index is 0.129. The number of nitrogens with two attached hydrogens (primary N) is 1. The van der Waals surface area contributed by atoms with Gasteiger partial charge in [-0.15, -0.1) is 5.10 Å². The normalized spacial score (nSPS) is 14.6. The summed E-state index contributed by atoms with van der Waals surface area (Å²) in [5.41, 5.74) is 8.55. The quantitative estimate of drug-likeness (QED) is 0.347. The van der Waals surface area contributed by atoms with Crippen molar-refractivity contribution in [1.82, 2.24) is 44.0 Å². The number of carboxylic acid groups (broad SMARTS) is 1. The zero-order valence-electron chi connectivity index (χ0n) is 20.2. The third-order valence-corrected chi connectivity index (χ3v) is 6.69. The Bertz CT molecular complexity index is 1590. The van der Waals surface area contributed by atoms with Crippen LogP contribution < -0.4 is 10.6 Å². The zero-order valence-corrected chi connectivity index (χ0v) is 20.2. The molecule has 0 atom stereocenters. The van der Waals surface area contributed by atoms with Crippen LogP contribution in [0.2, 0.25) is 0 Å². The number of carbonyl (C=O) groups is 1. The van der Waals surface area contributed by atoms with Gasteiger partial charge in [-0.1, -0.05) is 6.07 Å². The van der Waals surface area contributed by atoms with E-state index in [4.69, 9.17) is 5.73 Å². The van der Waals surface area contributed by atoms with Gasteiger partial charge in [0.1, 0.15) is 17.0 Å². The van der Waals surface area contributed by atoms with E-state index in [-0.39, 0.29) is 11.6 Å². The predicted molar refractivity (Wildman–Crippen MR) is 136 cm³/mol. The lowest BCUT2D eigenvalue weighted by atomic mass is 10.2. The number of hydrogen-bond donors (Lipinski definition) is 2. The van der Waals surface area contributed by atoms with Crippen molar-refractivity contribution in [1.29, 1.82) is 0 Å². The van der Waals surface area contributed by atoms with Crippen LogP contribution in [0.15, 0.2) is 42.9 Å². The largest absolute Gasteiger partial charge is 0.477 e. The first kappa shape index (κ1) is 22.8. The van der Waals surface area contributed by atoms with E-state index < -0.39 is 5.97 Å². The van der Waals surface area contributed by atoms with Gasteiger partial charge in [-0.2, -0.15) is 9.50 Å². The lowest BCUT2D eigenvalue weighted by Crippen LogP contribution is -2.47. The van der Waals surface area contributed by atoms with Gasteiger partial charge < -0.3 is 20.3 Å². The molecular formula is C24H25N11O2. The second kappa shape index (κ2) is 9.09. The van der Waals surface area contributed by atoms with Gasteiger partial charge in [-0.3, -0.25) is 9.88 Å². The van der Waals surface area contributed by atoms with E-state index in [0.717, 1.165) is 32.1 Å². The molecule has 0 saturated carbocycles. The first-order valence-electron chi connectivity index (χ1n) is 12.0. The van der Waals surface area contributed by atoms with Gasteiger partial charge in [0.2, 0.25) is 17.7 Å². The average Bonchev–Trinajstić information content (AvgIpc) is 3.48. The van der Waals surface area contributed by atoms with Gasteiger partial charge in [0.05, 0.1) is 5.39 Å². The zero-order chi connectivity index (χ0) is 25.5. The molecule has 5 aromatic heterocycles. The molecule has 1 saturated heterocycles. The van der Waals surface area contributed by atoms with Crippen molar-refractivity contribution in [3.05, 3.63) is 54.1 Å². The van der Waals surface area contributed by atoms with Crippen LogP contribution in [-0.4, -0.2) is 87.8 Å². The summed E-state index contributed by atoms with van der Waals surface area (Å²) < 4.78 is 3.17. The molecule has 37 heavy (non-hydrogen) atoms. The van der Waals surface area contributed by atoms with Crippen LogP contribution >= 0.6 is 0 Å². The van der Waals surface area contributed by atoms with Gasteiger partial charge in [0.15, 0.2) is 5.65 Å². The molecule has 13 heteroatoms. The van der Waals surface area contributed by atoms with Crippen LogP contribution in [0.4, 0.5) is 11.9 Å². The lowest BCUT2D eigenvalue weighted by molar-refractivity contribution is 0.0683. The molecular weight excluding hydrogens is 474 g/mol. The molecule has 0 aromatic carbocycles. The van der Waals surface area contributed by atoms with Crippen molar-refractivity contribution in [2.24, 2.45) is 0 Å². The molecule has 1 fully saturated rings. The Kier molecular flexibility index (Phi) is 5.60.